The molecule has 3 atom stereocenters. The number of halogens is 1. The summed E-state index contributed by atoms with van der Waals surface area (Å²) >= 11 is 3.30. The third-order valence-electron chi connectivity index (χ3n) is 3.57. The number of rotatable bonds is 3. The van der Waals surface area contributed by atoms with Crippen LogP contribution in [0.2, 0.25) is 0 Å². The van der Waals surface area contributed by atoms with Crippen LogP contribution < -0.4 is 0 Å². The van der Waals surface area contributed by atoms with Gasteiger partial charge in [-0.1, -0.05) is 43.1 Å². The molecule has 82 valence electrons. The molecule has 1 saturated carbocycles. The van der Waals surface area contributed by atoms with Crippen molar-refractivity contribution in [1.82, 2.24) is 0 Å². The molecule has 0 aliphatic heterocycles. The Bertz CT molecular complexity index is 200. The number of carbonyl (C=O) groups is 1. The second-order valence-corrected chi connectivity index (χ2v) is 5.59. The molecule has 0 aromatic heterocycles. The first kappa shape index (κ1) is 12.2. The van der Waals surface area contributed by atoms with Gasteiger partial charge in [-0.15, -0.1) is 0 Å². The number of ketones is 1. The summed E-state index contributed by atoms with van der Waals surface area (Å²) in [6, 6.07) is 0. The lowest BCUT2D eigenvalue weighted by atomic mass is 9.69. The highest BCUT2D eigenvalue weighted by molar-refractivity contribution is 9.09. The normalized spacial score (nSPS) is 33.4. The summed E-state index contributed by atoms with van der Waals surface area (Å²) in [5.41, 5.74) is 0. The fourth-order valence-electron chi connectivity index (χ4n) is 2.67. The van der Waals surface area contributed by atoms with Crippen LogP contribution in [0.4, 0.5) is 0 Å². The molecule has 14 heavy (non-hydrogen) atoms. The Morgan fingerprint density at radius 3 is 2.57 bits per heavy atom. The molecule has 0 amide bonds. The maximum absolute atomic E-state index is 11.8. The first-order valence-electron chi connectivity index (χ1n) is 5.65. The highest BCUT2D eigenvalue weighted by atomic mass is 79.9. The van der Waals surface area contributed by atoms with Gasteiger partial charge in [0, 0.05) is 5.92 Å². The van der Waals surface area contributed by atoms with Crippen LogP contribution in [-0.4, -0.2) is 11.1 Å². The van der Waals surface area contributed by atoms with Gasteiger partial charge in [-0.2, -0.15) is 0 Å². The van der Waals surface area contributed by atoms with Gasteiger partial charge in [0.2, 0.25) is 0 Å². The molecule has 1 aliphatic rings. The summed E-state index contributed by atoms with van der Waals surface area (Å²) in [5, 5.41) is 0.535. The van der Waals surface area contributed by atoms with E-state index in [1.54, 1.807) is 0 Å². The average molecular weight is 261 g/mol. The number of alkyl halides is 1. The Balaban J connectivity index is 2.68. The molecule has 0 saturated heterocycles. The zero-order valence-corrected chi connectivity index (χ0v) is 11.0. The van der Waals surface area contributed by atoms with Gasteiger partial charge < -0.3 is 0 Å². The first-order chi connectivity index (χ1) is 6.56. The van der Waals surface area contributed by atoms with Crippen LogP contribution in [0.3, 0.4) is 0 Å². The minimum absolute atomic E-state index is 0.318. The summed E-state index contributed by atoms with van der Waals surface area (Å²) in [6.07, 6.45) is 3.64. The quantitative estimate of drug-likeness (QED) is 0.708. The fraction of sp³-hybridized carbons (Fsp3) is 0.917. The summed E-state index contributed by atoms with van der Waals surface area (Å²) < 4.78 is 0. The van der Waals surface area contributed by atoms with Crippen molar-refractivity contribution in [3.05, 3.63) is 0 Å². The molecule has 1 aliphatic carbocycles. The van der Waals surface area contributed by atoms with Crippen molar-refractivity contribution in [1.29, 1.82) is 0 Å². The average Bonchev–Trinajstić information content (AvgIpc) is 2.16. The van der Waals surface area contributed by atoms with Gasteiger partial charge in [0.05, 0.1) is 5.33 Å². The van der Waals surface area contributed by atoms with Crippen LogP contribution >= 0.6 is 15.9 Å². The summed E-state index contributed by atoms with van der Waals surface area (Å²) in [6.45, 7) is 6.76. The lowest BCUT2D eigenvalue weighted by Gasteiger charge is -2.36. The van der Waals surface area contributed by atoms with Crippen LogP contribution in [0.1, 0.15) is 40.0 Å². The van der Waals surface area contributed by atoms with Crippen molar-refractivity contribution in [2.75, 3.05) is 5.33 Å². The third-order valence-corrected chi connectivity index (χ3v) is 4.12. The monoisotopic (exact) mass is 260 g/mol. The molecule has 0 aromatic carbocycles. The minimum atomic E-state index is 0.318. The van der Waals surface area contributed by atoms with Gasteiger partial charge in [-0.05, 0) is 30.6 Å². The summed E-state index contributed by atoms with van der Waals surface area (Å²) in [5.74, 6) is 2.73. The topological polar surface area (TPSA) is 17.1 Å². The zero-order chi connectivity index (χ0) is 10.7. The molecule has 0 spiro atoms. The molecule has 1 nitrogen and oxygen atoms in total. The maximum atomic E-state index is 11.8. The second-order valence-electron chi connectivity index (χ2n) is 5.03. The molecule has 0 bridgehead atoms. The highest BCUT2D eigenvalue weighted by Crippen LogP contribution is 2.38. The van der Waals surface area contributed by atoms with E-state index < -0.39 is 0 Å². The number of carbonyl (C=O) groups excluding carboxylic acids is 1. The molecular formula is C12H21BrO. The lowest BCUT2D eigenvalue weighted by molar-refractivity contribution is -0.124. The van der Waals surface area contributed by atoms with E-state index in [2.05, 4.69) is 36.7 Å². The van der Waals surface area contributed by atoms with Gasteiger partial charge in [0.15, 0.2) is 0 Å². The summed E-state index contributed by atoms with van der Waals surface area (Å²) in [7, 11) is 0. The molecule has 0 radical (unpaired) electrons. The van der Waals surface area contributed by atoms with E-state index in [1.165, 1.54) is 12.8 Å². The van der Waals surface area contributed by atoms with Gasteiger partial charge in [0.25, 0.3) is 0 Å². The van der Waals surface area contributed by atoms with E-state index in [4.69, 9.17) is 0 Å². The first-order valence-corrected chi connectivity index (χ1v) is 6.77. The number of Topliss-reactive ketones (excluding diaryl/α,β-unsaturated/α-hetero) is 1. The Morgan fingerprint density at radius 2 is 2.07 bits per heavy atom. The van der Waals surface area contributed by atoms with Crippen molar-refractivity contribution in [2.24, 2.45) is 23.7 Å². The summed E-state index contributed by atoms with van der Waals surface area (Å²) in [4.78, 5) is 11.8. The maximum Gasteiger partial charge on any atom is 0.146 e. The van der Waals surface area contributed by atoms with Crippen molar-refractivity contribution >= 4 is 21.7 Å². The van der Waals surface area contributed by atoms with Gasteiger partial charge >= 0.3 is 0 Å². The van der Waals surface area contributed by atoms with Crippen LogP contribution in [0, 0.1) is 23.7 Å². The third kappa shape index (κ3) is 2.82. The Kier molecular flexibility index (Phi) is 4.62. The molecule has 0 aromatic rings. The van der Waals surface area contributed by atoms with Crippen molar-refractivity contribution in [3.8, 4) is 0 Å². The molecule has 2 heteroatoms. The number of hydrogen-bond donors (Lipinski definition) is 0. The molecule has 0 N–H and O–H groups in total. The highest BCUT2D eigenvalue weighted by Gasteiger charge is 2.34. The molecule has 3 unspecified atom stereocenters. The predicted molar refractivity (Wildman–Crippen MR) is 63.6 cm³/mol. The van der Waals surface area contributed by atoms with Crippen LogP contribution in [0.5, 0.6) is 0 Å². The van der Waals surface area contributed by atoms with Crippen LogP contribution in [-0.2, 0) is 4.79 Å². The van der Waals surface area contributed by atoms with Crippen molar-refractivity contribution < 1.29 is 4.79 Å². The van der Waals surface area contributed by atoms with E-state index in [0.29, 0.717) is 28.9 Å². The van der Waals surface area contributed by atoms with E-state index in [0.717, 1.165) is 12.3 Å². The van der Waals surface area contributed by atoms with E-state index in [9.17, 15) is 4.79 Å². The lowest BCUT2D eigenvalue weighted by Crippen LogP contribution is -2.33. The van der Waals surface area contributed by atoms with E-state index >= 15 is 0 Å². The Morgan fingerprint density at radius 1 is 1.43 bits per heavy atom. The minimum Gasteiger partial charge on any atom is -0.298 e. The predicted octanol–water partition coefficient (Wildman–Crippen LogP) is 3.66. The van der Waals surface area contributed by atoms with Gasteiger partial charge in [0.1, 0.15) is 5.78 Å². The van der Waals surface area contributed by atoms with Crippen LogP contribution in [0.15, 0.2) is 0 Å². The number of hydrogen-bond acceptors (Lipinski definition) is 1. The molecular weight excluding hydrogens is 240 g/mol. The molecule has 1 rings (SSSR count). The smallest absolute Gasteiger partial charge is 0.146 e. The standard InChI is InChI=1S/C12H21BrO/c1-8(2)10-5-4-9(3)6-11(10)12(14)7-13/h8-11H,4-7H2,1-3H3. The van der Waals surface area contributed by atoms with E-state index in [-0.39, 0.29) is 0 Å². The second kappa shape index (κ2) is 5.29. The van der Waals surface area contributed by atoms with Gasteiger partial charge in [-0.25, -0.2) is 0 Å². The van der Waals surface area contributed by atoms with Crippen molar-refractivity contribution in [3.63, 3.8) is 0 Å². The van der Waals surface area contributed by atoms with E-state index in [1.807, 2.05) is 0 Å². The van der Waals surface area contributed by atoms with Gasteiger partial charge in [-0.3, -0.25) is 4.79 Å². The Hall–Kier alpha value is 0.150. The SMILES string of the molecule is CC1CCC(C(C)C)C(C(=O)CBr)C1. The zero-order valence-electron chi connectivity index (χ0n) is 9.42. The molecule has 0 heterocycles. The fourth-order valence-corrected chi connectivity index (χ4v) is 3.09. The molecule has 1 fully saturated rings. The van der Waals surface area contributed by atoms with Crippen molar-refractivity contribution in [2.45, 2.75) is 40.0 Å². The van der Waals surface area contributed by atoms with Crippen LogP contribution in [0.25, 0.3) is 0 Å². The largest absolute Gasteiger partial charge is 0.298 e. The Labute approximate surface area is 95.8 Å².